The number of nitrogens with zero attached hydrogens (tertiary/aromatic N) is 3. The van der Waals surface area contributed by atoms with Crippen LogP contribution in [0.4, 0.5) is 10.1 Å². The molecule has 3 heterocycles. The molecule has 8 nitrogen and oxygen atoms in total. The lowest BCUT2D eigenvalue weighted by atomic mass is 9.86. The topological polar surface area (TPSA) is 83.5 Å². The number of allylic oxidation sites excluding steroid dienone is 5. The number of amides is 2. The second-order valence-electron chi connectivity index (χ2n) is 12.3. The van der Waals surface area contributed by atoms with E-state index in [-0.39, 0.29) is 18.0 Å². The molecular formula is C37H43FN4O4. The Bertz CT molecular complexity index is 1600. The van der Waals surface area contributed by atoms with Crippen molar-refractivity contribution in [3.63, 3.8) is 0 Å². The van der Waals surface area contributed by atoms with Gasteiger partial charge in [0.25, 0.3) is 11.8 Å². The standard InChI is InChI=1S/C37H43FN4O4/c1-4-42(29-12-16-45-17-13-29)34-21-28(27-10-8-26(9-11-27)23-41-14-18-46-19-15-41)20-31(24(34)2)36(43)39-22-32-35-30(6-5-7-33(35)38)25(3)40-37(32)44/h5-11,20-21,29,33H,4,12-19,22-23H2,1-3H3,(H,39,43). The van der Waals surface area contributed by atoms with Crippen molar-refractivity contribution >= 4 is 23.2 Å². The average Bonchev–Trinajstić information content (AvgIpc) is 3.07. The molecule has 1 aliphatic carbocycles. The highest BCUT2D eigenvalue weighted by Crippen LogP contribution is 2.35. The lowest BCUT2D eigenvalue weighted by Crippen LogP contribution is -2.40. The first kappa shape index (κ1) is 32.0. The normalized spacial score (nSPS) is 20.7. The third-order valence-corrected chi connectivity index (χ3v) is 9.48. The number of carbonyl (C=O) groups excluding carboxylic acids is 2. The minimum absolute atomic E-state index is 0.109. The number of dihydropyridines is 1. The quantitative estimate of drug-likeness (QED) is 0.404. The lowest BCUT2D eigenvalue weighted by Gasteiger charge is -2.37. The van der Waals surface area contributed by atoms with E-state index in [0.717, 1.165) is 74.6 Å². The zero-order chi connectivity index (χ0) is 32.2. The number of hydrogen-bond acceptors (Lipinski definition) is 6. The molecule has 0 spiro atoms. The van der Waals surface area contributed by atoms with E-state index in [1.54, 1.807) is 19.1 Å². The van der Waals surface area contributed by atoms with E-state index in [0.29, 0.717) is 41.7 Å². The highest BCUT2D eigenvalue weighted by molar-refractivity contribution is 6.17. The molecule has 4 aliphatic rings. The third-order valence-electron chi connectivity index (χ3n) is 9.48. The first-order valence-electron chi connectivity index (χ1n) is 16.4. The van der Waals surface area contributed by atoms with Crippen molar-refractivity contribution in [1.82, 2.24) is 10.2 Å². The molecule has 2 amide bonds. The third kappa shape index (κ3) is 6.77. The Balaban J connectivity index is 1.31. The number of ether oxygens (including phenoxy) is 2. The van der Waals surface area contributed by atoms with Crippen LogP contribution in [0.2, 0.25) is 0 Å². The van der Waals surface area contributed by atoms with E-state index in [4.69, 9.17) is 9.47 Å². The number of benzene rings is 2. The van der Waals surface area contributed by atoms with Crippen LogP contribution in [0.5, 0.6) is 0 Å². The minimum Gasteiger partial charge on any atom is -0.381 e. The molecule has 0 bridgehead atoms. The maximum atomic E-state index is 15.1. The maximum Gasteiger partial charge on any atom is 0.275 e. The van der Waals surface area contributed by atoms with Gasteiger partial charge in [-0.1, -0.05) is 36.4 Å². The Hall–Kier alpha value is -3.92. The fraction of sp³-hybridized carbons (Fsp3) is 0.432. The van der Waals surface area contributed by atoms with E-state index < -0.39 is 12.1 Å². The molecule has 3 aliphatic heterocycles. The van der Waals surface area contributed by atoms with Gasteiger partial charge in [0.05, 0.1) is 13.2 Å². The van der Waals surface area contributed by atoms with Crippen molar-refractivity contribution in [1.29, 1.82) is 0 Å². The summed E-state index contributed by atoms with van der Waals surface area (Å²) in [6.45, 7) is 12.2. The van der Waals surface area contributed by atoms with Crippen LogP contribution >= 0.6 is 0 Å². The predicted octanol–water partition coefficient (Wildman–Crippen LogP) is 5.36. The minimum atomic E-state index is -1.43. The lowest BCUT2D eigenvalue weighted by molar-refractivity contribution is -0.114. The van der Waals surface area contributed by atoms with Crippen LogP contribution in [0.15, 0.2) is 76.3 Å². The van der Waals surface area contributed by atoms with Crippen molar-refractivity contribution < 1.29 is 23.5 Å². The summed E-state index contributed by atoms with van der Waals surface area (Å²) in [5.74, 6) is -0.824. The predicted molar refractivity (Wildman–Crippen MR) is 179 cm³/mol. The van der Waals surface area contributed by atoms with Crippen LogP contribution in [0.1, 0.15) is 48.2 Å². The SMILES string of the molecule is CCN(c1cc(-c2ccc(CN3CCOCC3)cc2)cc(C(=O)NCC2=C3C(=CC=CC3F)C(C)=NC2=O)c1C)C1CCOCC1. The van der Waals surface area contributed by atoms with Crippen LogP contribution in [-0.4, -0.2) is 87.2 Å². The van der Waals surface area contributed by atoms with Gasteiger partial charge in [-0.15, -0.1) is 0 Å². The van der Waals surface area contributed by atoms with Gasteiger partial charge in [-0.25, -0.2) is 9.38 Å². The molecular weight excluding hydrogens is 583 g/mol. The largest absolute Gasteiger partial charge is 0.381 e. The van der Waals surface area contributed by atoms with Crippen LogP contribution < -0.4 is 10.2 Å². The Morgan fingerprint density at radius 2 is 1.76 bits per heavy atom. The van der Waals surface area contributed by atoms with E-state index >= 15 is 4.39 Å². The van der Waals surface area contributed by atoms with Gasteiger partial charge >= 0.3 is 0 Å². The number of nitrogens with one attached hydrogen (secondary N) is 1. The summed E-state index contributed by atoms with van der Waals surface area (Å²) in [5.41, 5.74) is 7.16. The molecule has 0 saturated carbocycles. The van der Waals surface area contributed by atoms with Crippen LogP contribution in [0.3, 0.4) is 0 Å². The van der Waals surface area contributed by atoms with Gasteiger partial charge in [-0.3, -0.25) is 14.5 Å². The Labute approximate surface area is 270 Å². The summed E-state index contributed by atoms with van der Waals surface area (Å²) in [6, 6.07) is 13.0. The van der Waals surface area contributed by atoms with Crippen LogP contribution in [0, 0.1) is 6.92 Å². The van der Waals surface area contributed by atoms with Crippen molar-refractivity contribution in [3.8, 4) is 11.1 Å². The van der Waals surface area contributed by atoms with Crippen LogP contribution in [-0.2, 0) is 20.8 Å². The van der Waals surface area contributed by atoms with E-state index in [1.165, 1.54) is 11.6 Å². The zero-order valence-corrected chi connectivity index (χ0v) is 27.0. The Morgan fingerprint density at radius 1 is 1.04 bits per heavy atom. The number of carbonyl (C=O) groups is 2. The molecule has 6 rings (SSSR count). The van der Waals surface area contributed by atoms with Crippen molar-refractivity contribution in [2.45, 2.75) is 52.4 Å². The number of hydrogen-bond donors (Lipinski definition) is 1. The van der Waals surface area contributed by atoms with E-state index in [2.05, 4.69) is 57.4 Å². The monoisotopic (exact) mass is 626 g/mol. The summed E-state index contributed by atoms with van der Waals surface area (Å²) >= 11 is 0. The number of anilines is 1. The molecule has 0 aromatic heterocycles. The molecule has 2 saturated heterocycles. The fourth-order valence-electron chi connectivity index (χ4n) is 6.90. The molecule has 1 unspecified atom stereocenters. The Kier molecular flexibility index (Phi) is 9.92. The summed E-state index contributed by atoms with van der Waals surface area (Å²) in [4.78, 5) is 35.8. The molecule has 1 atom stereocenters. The number of fused-ring (bicyclic) bond motifs is 1. The van der Waals surface area contributed by atoms with Gasteiger partial charge in [-0.2, -0.15) is 0 Å². The molecule has 2 fully saturated rings. The van der Waals surface area contributed by atoms with Gasteiger partial charge in [0.2, 0.25) is 0 Å². The second kappa shape index (κ2) is 14.2. The molecule has 2 aromatic rings. The summed E-state index contributed by atoms with van der Waals surface area (Å²) in [5, 5.41) is 2.95. The first-order chi connectivity index (χ1) is 22.3. The van der Waals surface area contributed by atoms with Gasteiger partial charge in [0, 0.05) is 85.7 Å². The second-order valence-corrected chi connectivity index (χ2v) is 12.3. The molecule has 242 valence electrons. The smallest absolute Gasteiger partial charge is 0.275 e. The number of morpholine rings is 1. The van der Waals surface area contributed by atoms with Gasteiger partial charge in [0.1, 0.15) is 6.17 Å². The fourth-order valence-corrected chi connectivity index (χ4v) is 6.90. The molecule has 1 N–H and O–H groups in total. The number of halogens is 1. The van der Waals surface area contributed by atoms with Crippen molar-refractivity contribution in [3.05, 3.63) is 88.0 Å². The van der Waals surface area contributed by atoms with E-state index in [9.17, 15) is 9.59 Å². The van der Waals surface area contributed by atoms with Gasteiger partial charge in [0.15, 0.2) is 0 Å². The van der Waals surface area contributed by atoms with Gasteiger partial charge < -0.3 is 19.7 Å². The zero-order valence-electron chi connectivity index (χ0n) is 27.0. The highest BCUT2D eigenvalue weighted by Gasteiger charge is 2.31. The summed E-state index contributed by atoms with van der Waals surface area (Å²) in [6.07, 6.45) is 5.22. The maximum absolute atomic E-state index is 15.1. The number of rotatable bonds is 9. The Morgan fingerprint density at radius 3 is 2.48 bits per heavy atom. The number of alkyl halides is 1. The average molecular weight is 627 g/mol. The molecule has 0 radical (unpaired) electrons. The molecule has 46 heavy (non-hydrogen) atoms. The summed E-state index contributed by atoms with van der Waals surface area (Å²) in [7, 11) is 0. The van der Waals surface area contributed by atoms with Crippen LogP contribution in [0.25, 0.3) is 11.1 Å². The summed E-state index contributed by atoms with van der Waals surface area (Å²) < 4.78 is 26.2. The van der Waals surface area contributed by atoms with E-state index in [1.807, 2.05) is 13.0 Å². The molecule has 9 heteroatoms. The number of aliphatic imine (C=N–C) groups is 1. The first-order valence-corrected chi connectivity index (χ1v) is 16.4. The highest BCUT2D eigenvalue weighted by atomic mass is 19.1. The van der Waals surface area contributed by atoms with Crippen molar-refractivity contribution in [2.24, 2.45) is 4.99 Å². The van der Waals surface area contributed by atoms with Gasteiger partial charge in [-0.05, 0) is 74.1 Å². The van der Waals surface area contributed by atoms with Crippen molar-refractivity contribution in [2.75, 3.05) is 57.5 Å². The molecule has 2 aromatic carbocycles.